The largest absolute Gasteiger partial charge is 0.330 e. The predicted octanol–water partition coefficient (Wildman–Crippen LogP) is 10.0. The van der Waals surface area contributed by atoms with Crippen LogP contribution in [0.2, 0.25) is 0 Å². The van der Waals surface area contributed by atoms with Gasteiger partial charge in [0.2, 0.25) is 0 Å². The molecule has 2 atom stereocenters. The second kappa shape index (κ2) is 19.2. The van der Waals surface area contributed by atoms with Crippen LogP contribution in [-0.4, -0.2) is 27.3 Å². The summed E-state index contributed by atoms with van der Waals surface area (Å²) in [5.74, 6) is -0.719. The molecule has 1 aromatic carbocycles. The second-order valence-electron chi connectivity index (χ2n) is 10.5. The highest BCUT2D eigenvalue weighted by molar-refractivity contribution is 5.23. The number of rotatable bonds is 23. The molecular weight excluding hydrogens is 432 g/mol. The molecule has 0 heterocycles. The van der Waals surface area contributed by atoms with Gasteiger partial charge in [-0.2, -0.15) is 0 Å². The molecule has 0 aliphatic heterocycles. The van der Waals surface area contributed by atoms with E-state index in [0.717, 1.165) is 25.7 Å². The van der Waals surface area contributed by atoms with Gasteiger partial charge in [0.1, 0.15) is 0 Å². The van der Waals surface area contributed by atoms with Crippen molar-refractivity contribution in [2.24, 2.45) is 5.41 Å². The van der Waals surface area contributed by atoms with Crippen molar-refractivity contribution in [1.29, 1.82) is 0 Å². The van der Waals surface area contributed by atoms with Crippen molar-refractivity contribution >= 4 is 0 Å². The van der Waals surface area contributed by atoms with Crippen molar-refractivity contribution in [3.8, 4) is 0 Å². The molecule has 0 aliphatic carbocycles. The van der Waals surface area contributed by atoms with Crippen molar-refractivity contribution in [3.05, 3.63) is 35.9 Å². The average molecular weight is 491 g/mol. The van der Waals surface area contributed by atoms with Crippen LogP contribution in [-0.2, 0) is 14.2 Å². The zero-order valence-electron chi connectivity index (χ0n) is 24.2. The molecule has 204 valence electrons. The van der Waals surface area contributed by atoms with Crippen LogP contribution < -0.4 is 0 Å². The Labute approximate surface area is 218 Å². The van der Waals surface area contributed by atoms with Crippen molar-refractivity contribution in [1.82, 2.24) is 0 Å². The SMILES string of the molecule is CCCCCCCCCCC(CCC)(C(CCCCCCC)c1ccccc1)C(OC)(OC)OC. The molecule has 0 amide bonds. The van der Waals surface area contributed by atoms with Gasteiger partial charge < -0.3 is 14.2 Å². The van der Waals surface area contributed by atoms with E-state index in [1.165, 1.54) is 89.0 Å². The molecule has 1 rings (SSSR count). The highest BCUT2D eigenvalue weighted by Gasteiger charge is 2.57. The lowest BCUT2D eigenvalue weighted by molar-refractivity contribution is -0.414. The first-order chi connectivity index (χ1) is 17.1. The van der Waals surface area contributed by atoms with Gasteiger partial charge in [0, 0.05) is 21.3 Å². The van der Waals surface area contributed by atoms with E-state index in [9.17, 15) is 0 Å². The van der Waals surface area contributed by atoms with Crippen LogP contribution in [0.1, 0.15) is 141 Å². The minimum atomic E-state index is -1.05. The molecule has 3 heteroatoms. The van der Waals surface area contributed by atoms with E-state index in [1.807, 2.05) is 0 Å². The topological polar surface area (TPSA) is 27.7 Å². The van der Waals surface area contributed by atoms with E-state index < -0.39 is 5.97 Å². The summed E-state index contributed by atoms with van der Waals surface area (Å²) in [7, 11) is 5.28. The lowest BCUT2D eigenvalue weighted by Crippen LogP contribution is -2.56. The molecule has 2 unspecified atom stereocenters. The number of benzene rings is 1. The molecule has 0 radical (unpaired) electrons. The smallest absolute Gasteiger partial charge is 0.288 e. The molecule has 0 aromatic heterocycles. The Morgan fingerprint density at radius 2 is 1.06 bits per heavy atom. The zero-order chi connectivity index (χ0) is 25.8. The Morgan fingerprint density at radius 1 is 0.571 bits per heavy atom. The quantitative estimate of drug-likeness (QED) is 0.113. The van der Waals surface area contributed by atoms with Crippen LogP contribution in [0.5, 0.6) is 0 Å². The molecule has 35 heavy (non-hydrogen) atoms. The second-order valence-corrected chi connectivity index (χ2v) is 10.5. The summed E-state index contributed by atoms with van der Waals surface area (Å²) in [6.45, 7) is 6.86. The standard InChI is InChI=1S/C32H58O3/c1-7-10-12-14-15-16-18-23-28-31(27-9-3,32(33-4,34-5)35-6)30(26-22-17-13-11-8-2)29-24-20-19-21-25-29/h19-21,24-25,30H,7-18,22-23,26-28H2,1-6H3. The van der Waals surface area contributed by atoms with Crippen LogP contribution >= 0.6 is 0 Å². The Morgan fingerprint density at radius 3 is 1.54 bits per heavy atom. The van der Waals surface area contributed by atoms with Crippen molar-refractivity contribution in [2.45, 2.75) is 142 Å². The summed E-state index contributed by atoms with van der Waals surface area (Å²) >= 11 is 0. The van der Waals surface area contributed by atoms with Crippen molar-refractivity contribution in [2.75, 3.05) is 21.3 Å². The Bertz CT molecular complexity index is 590. The number of ether oxygens (including phenoxy) is 3. The Hall–Kier alpha value is -0.900. The van der Waals surface area contributed by atoms with Gasteiger partial charge in [0.25, 0.3) is 5.97 Å². The maximum absolute atomic E-state index is 6.18. The zero-order valence-corrected chi connectivity index (χ0v) is 24.2. The summed E-state index contributed by atoms with van der Waals surface area (Å²) in [5.41, 5.74) is 1.15. The monoisotopic (exact) mass is 490 g/mol. The van der Waals surface area contributed by atoms with Crippen LogP contribution in [0.4, 0.5) is 0 Å². The molecule has 0 aliphatic rings. The minimum absolute atomic E-state index is 0.242. The first-order valence-electron chi connectivity index (χ1n) is 14.8. The molecule has 0 fully saturated rings. The van der Waals surface area contributed by atoms with Crippen molar-refractivity contribution in [3.63, 3.8) is 0 Å². The number of unbranched alkanes of at least 4 members (excludes halogenated alkanes) is 11. The fourth-order valence-corrected chi connectivity index (χ4v) is 6.27. The molecular formula is C32H58O3. The van der Waals surface area contributed by atoms with Crippen LogP contribution in [0, 0.1) is 5.41 Å². The van der Waals surface area contributed by atoms with Gasteiger partial charge in [0.15, 0.2) is 0 Å². The van der Waals surface area contributed by atoms with Gasteiger partial charge in [-0.3, -0.25) is 0 Å². The first-order valence-corrected chi connectivity index (χ1v) is 14.8. The normalized spacial score (nSPS) is 14.7. The van der Waals surface area contributed by atoms with Gasteiger partial charge in [-0.25, -0.2) is 0 Å². The third-order valence-electron chi connectivity index (χ3n) is 8.05. The van der Waals surface area contributed by atoms with Crippen LogP contribution in [0.25, 0.3) is 0 Å². The predicted molar refractivity (Wildman–Crippen MR) is 151 cm³/mol. The minimum Gasteiger partial charge on any atom is -0.330 e. The maximum atomic E-state index is 6.18. The average Bonchev–Trinajstić information content (AvgIpc) is 2.89. The van der Waals surface area contributed by atoms with Gasteiger partial charge in [-0.15, -0.1) is 0 Å². The van der Waals surface area contributed by atoms with E-state index >= 15 is 0 Å². The summed E-state index contributed by atoms with van der Waals surface area (Å²) in [6, 6.07) is 11.1. The van der Waals surface area contributed by atoms with Gasteiger partial charge in [-0.05, 0) is 30.7 Å². The Balaban J connectivity index is 3.21. The molecule has 0 N–H and O–H groups in total. The molecule has 1 aromatic rings. The summed E-state index contributed by atoms with van der Waals surface area (Å²) in [6.07, 6.45) is 21.3. The Kier molecular flexibility index (Phi) is 17.7. The molecule has 0 saturated carbocycles. The third-order valence-corrected chi connectivity index (χ3v) is 8.05. The van der Waals surface area contributed by atoms with E-state index in [1.54, 1.807) is 21.3 Å². The first kappa shape index (κ1) is 32.1. The molecule has 0 saturated heterocycles. The van der Waals surface area contributed by atoms with Crippen LogP contribution in [0.3, 0.4) is 0 Å². The summed E-state index contributed by atoms with van der Waals surface area (Å²) in [4.78, 5) is 0. The van der Waals surface area contributed by atoms with E-state index in [4.69, 9.17) is 14.2 Å². The molecule has 3 nitrogen and oxygen atoms in total. The number of hydrogen-bond donors (Lipinski definition) is 0. The summed E-state index contributed by atoms with van der Waals surface area (Å²) < 4.78 is 18.5. The molecule has 0 bridgehead atoms. The van der Waals surface area contributed by atoms with Crippen molar-refractivity contribution < 1.29 is 14.2 Å². The van der Waals surface area contributed by atoms with Gasteiger partial charge in [-0.1, -0.05) is 141 Å². The number of methoxy groups -OCH3 is 3. The third kappa shape index (κ3) is 9.82. The van der Waals surface area contributed by atoms with Gasteiger partial charge in [0.05, 0.1) is 5.41 Å². The lowest BCUT2D eigenvalue weighted by atomic mass is 9.62. The highest BCUT2D eigenvalue weighted by atomic mass is 16.9. The van der Waals surface area contributed by atoms with E-state index in [-0.39, 0.29) is 5.41 Å². The number of hydrogen-bond acceptors (Lipinski definition) is 3. The van der Waals surface area contributed by atoms with E-state index in [2.05, 4.69) is 51.1 Å². The van der Waals surface area contributed by atoms with E-state index in [0.29, 0.717) is 5.92 Å². The lowest BCUT2D eigenvalue weighted by Gasteiger charge is -2.52. The highest BCUT2D eigenvalue weighted by Crippen LogP contribution is 2.55. The fourth-order valence-electron chi connectivity index (χ4n) is 6.27. The van der Waals surface area contributed by atoms with Gasteiger partial charge >= 0.3 is 0 Å². The fraction of sp³-hybridized carbons (Fsp3) is 0.812. The maximum Gasteiger partial charge on any atom is 0.288 e. The summed E-state index contributed by atoms with van der Waals surface area (Å²) in [5, 5.41) is 0. The van der Waals surface area contributed by atoms with Crippen LogP contribution in [0.15, 0.2) is 30.3 Å². The molecule has 0 spiro atoms.